The quantitative estimate of drug-likeness (QED) is 0.668. The standard InChI is InChI=1S/C20H16F4N4O/c1-11-6-12(8-13(21)7-11)19(29)26-16-2-3-17-15(16)10-28(27-17)14-4-5-25-18(9-14)20(22,23)24/h4-10,16H,2-3H2,1H3,(H,26,29). The van der Waals surface area contributed by atoms with Crippen molar-refractivity contribution in [2.75, 3.05) is 0 Å². The summed E-state index contributed by atoms with van der Waals surface area (Å²) in [6.07, 6.45) is -0.670. The fraction of sp³-hybridized carbons (Fsp3) is 0.250. The molecule has 0 saturated carbocycles. The largest absolute Gasteiger partial charge is 0.433 e. The molecule has 5 nitrogen and oxygen atoms in total. The number of fused-ring (bicyclic) bond motifs is 1. The van der Waals surface area contributed by atoms with Crippen LogP contribution in [0.15, 0.2) is 42.7 Å². The molecule has 1 aliphatic carbocycles. The summed E-state index contributed by atoms with van der Waals surface area (Å²) < 4.78 is 53.6. The van der Waals surface area contributed by atoms with Crippen LogP contribution in [-0.4, -0.2) is 20.7 Å². The molecule has 9 heteroatoms. The Balaban J connectivity index is 1.57. The van der Waals surface area contributed by atoms with E-state index in [2.05, 4.69) is 15.4 Å². The first-order valence-electron chi connectivity index (χ1n) is 8.91. The lowest BCUT2D eigenvalue weighted by atomic mass is 10.1. The Morgan fingerprint density at radius 2 is 2.03 bits per heavy atom. The first kappa shape index (κ1) is 19.1. The van der Waals surface area contributed by atoms with Crippen LogP contribution in [-0.2, 0) is 12.6 Å². The average Bonchev–Trinajstić information content (AvgIpc) is 3.22. The van der Waals surface area contributed by atoms with Crippen molar-refractivity contribution in [3.8, 4) is 5.69 Å². The van der Waals surface area contributed by atoms with Crippen molar-refractivity contribution in [3.05, 3.63) is 76.6 Å². The summed E-state index contributed by atoms with van der Waals surface area (Å²) >= 11 is 0. The second-order valence-corrected chi connectivity index (χ2v) is 6.95. The van der Waals surface area contributed by atoms with Gasteiger partial charge in [-0.1, -0.05) is 0 Å². The first-order valence-corrected chi connectivity index (χ1v) is 8.91. The van der Waals surface area contributed by atoms with Gasteiger partial charge in [0.2, 0.25) is 0 Å². The van der Waals surface area contributed by atoms with Crippen molar-refractivity contribution in [3.63, 3.8) is 0 Å². The van der Waals surface area contributed by atoms with Crippen molar-refractivity contribution >= 4 is 5.91 Å². The van der Waals surface area contributed by atoms with Crippen LogP contribution in [0.4, 0.5) is 17.6 Å². The second kappa shape index (κ2) is 6.98. The van der Waals surface area contributed by atoms with E-state index in [1.807, 2.05) is 0 Å². The van der Waals surface area contributed by atoms with Crippen LogP contribution in [0, 0.1) is 12.7 Å². The lowest BCUT2D eigenvalue weighted by Crippen LogP contribution is -2.27. The molecular formula is C20H16F4N4O. The number of carbonyl (C=O) groups is 1. The molecule has 0 aliphatic heterocycles. The molecule has 1 unspecified atom stereocenters. The van der Waals surface area contributed by atoms with Crippen molar-refractivity contribution in [1.82, 2.24) is 20.1 Å². The Morgan fingerprint density at radius 1 is 1.24 bits per heavy atom. The number of halogens is 4. The van der Waals surface area contributed by atoms with E-state index >= 15 is 0 Å². The third-order valence-electron chi connectivity index (χ3n) is 4.78. The molecular weight excluding hydrogens is 388 g/mol. The Hall–Kier alpha value is -3.23. The maximum atomic E-state index is 13.6. The molecule has 150 valence electrons. The number of benzene rings is 1. The average molecular weight is 404 g/mol. The molecule has 4 rings (SSSR count). The number of carbonyl (C=O) groups excluding carboxylic acids is 1. The number of rotatable bonds is 3. The highest BCUT2D eigenvalue weighted by atomic mass is 19.4. The zero-order valence-electron chi connectivity index (χ0n) is 15.3. The van der Waals surface area contributed by atoms with Crippen LogP contribution in [0.5, 0.6) is 0 Å². The van der Waals surface area contributed by atoms with E-state index in [9.17, 15) is 22.4 Å². The highest BCUT2D eigenvalue weighted by Gasteiger charge is 2.33. The highest BCUT2D eigenvalue weighted by molar-refractivity contribution is 5.94. The molecule has 1 atom stereocenters. The normalized spacial score (nSPS) is 16.0. The van der Waals surface area contributed by atoms with Crippen LogP contribution >= 0.6 is 0 Å². The number of alkyl halides is 3. The van der Waals surface area contributed by atoms with Gasteiger partial charge >= 0.3 is 6.18 Å². The summed E-state index contributed by atoms with van der Waals surface area (Å²) in [5.74, 6) is -0.908. The summed E-state index contributed by atoms with van der Waals surface area (Å²) in [6, 6.07) is 6.09. The maximum absolute atomic E-state index is 13.6. The number of hydrogen-bond acceptors (Lipinski definition) is 3. The highest BCUT2D eigenvalue weighted by Crippen LogP contribution is 2.32. The van der Waals surface area contributed by atoms with E-state index in [-0.39, 0.29) is 17.3 Å². The van der Waals surface area contributed by atoms with Gasteiger partial charge < -0.3 is 5.32 Å². The zero-order chi connectivity index (χ0) is 20.8. The molecule has 1 N–H and O–H groups in total. The van der Waals surface area contributed by atoms with E-state index in [0.29, 0.717) is 24.1 Å². The molecule has 3 aromatic rings. The van der Waals surface area contributed by atoms with Gasteiger partial charge in [0.15, 0.2) is 0 Å². The molecule has 0 bridgehead atoms. The fourth-order valence-corrected chi connectivity index (χ4v) is 3.45. The molecule has 1 amide bonds. The number of aryl methyl sites for hydroxylation is 2. The van der Waals surface area contributed by atoms with Gasteiger partial charge in [0.1, 0.15) is 11.5 Å². The molecule has 1 aromatic carbocycles. The molecule has 0 radical (unpaired) electrons. The molecule has 0 fully saturated rings. The number of nitrogens with one attached hydrogen (secondary N) is 1. The topological polar surface area (TPSA) is 59.8 Å². The van der Waals surface area contributed by atoms with Gasteiger partial charge in [-0.15, -0.1) is 0 Å². The molecule has 2 aromatic heterocycles. The summed E-state index contributed by atoms with van der Waals surface area (Å²) in [5.41, 5.74) is 1.51. The van der Waals surface area contributed by atoms with Gasteiger partial charge in [-0.05, 0) is 55.7 Å². The van der Waals surface area contributed by atoms with Gasteiger partial charge in [-0.2, -0.15) is 18.3 Å². The van der Waals surface area contributed by atoms with Crippen molar-refractivity contribution in [2.24, 2.45) is 0 Å². The van der Waals surface area contributed by atoms with Crippen LogP contribution in [0.25, 0.3) is 5.69 Å². The van der Waals surface area contributed by atoms with Crippen molar-refractivity contribution < 1.29 is 22.4 Å². The molecule has 0 saturated heterocycles. The van der Waals surface area contributed by atoms with E-state index in [1.54, 1.807) is 19.2 Å². The summed E-state index contributed by atoms with van der Waals surface area (Å²) in [5, 5.41) is 7.21. The number of pyridine rings is 1. The Kier molecular flexibility index (Phi) is 4.60. The van der Waals surface area contributed by atoms with Crippen LogP contribution < -0.4 is 5.32 Å². The minimum absolute atomic E-state index is 0.215. The van der Waals surface area contributed by atoms with Crippen LogP contribution in [0.1, 0.15) is 45.3 Å². The van der Waals surface area contributed by atoms with E-state index < -0.39 is 23.6 Å². The summed E-state index contributed by atoms with van der Waals surface area (Å²) in [6.45, 7) is 1.70. The van der Waals surface area contributed by atoms with E-state index in [1.165, 1.54) is 16.8 Å². The van der Waals surface area contributed by atoms with Gasteiger partial charge in [0.05, 0.1) is 17.4 Å². The van der Waals surface area contributed by atoms with Gasteiger partial charge in [-0.25, -0.2) is 9.07 Å². The lowest BCUT2D eigenvalue weighted by molar-refractivity contribution is -0.141. The molecule has 0 spiro atoms. The monoisotopic (exact) mass is 404 g/mol. The second-order valence-electron chi connectivity index (χ2n) is 6.95. The third kappa shape index (κ3) is 3.85. The number of aromatic nitrogens is 3. The minimum Gasteiger partial charge on any atom is -0.345 e. The maximum Gasteiger partial charge on any atom is 0.433 e. The predicted octanol–water partition coefficient (Wildman–Crippen LogP) is 4.15. The predicted molar refractivity (Wildman–Crippen MR) is 96.0 cm³/mol. The SMILES string of the molecule is Cc1cc(F)cc(C(=O)NC2CCc3nn(-c4ccnc(C(F)(F)F)c4)cc32)c1. The van der Waals surface area contributed by atoms with Crippen molar-refractivity contribution in [1.29, 1.82) is 0 Å². The van der Waals surface area contributed by atoms with Crippen LogP contribution in [0.2, 0.25) is 0 Å². The first-order chi connectivity index (χ1) is 13.7. The van der Waals surface area contributed by atoms with Gasteiger partial charge in [-0.3, -0.25) is 9.78 Å². The fourth-order valence-electron chi connectivity index (χ4n) is 3.45. The van der Waals surface area contributed by atoms with Gasteiger partial charge in [0.25, 0.3) is 5.91 Å². The van der Waals surface area contributed by atoms with Gasteiger partial charge in [0, 0.05) is 23.5 Å². The Bertz CT molecular complexity index is 1070. The summed E-state index contributed by atoms with van der Waals surface area (Å²) in [4.78, 5) is 15.9. The summed E-state index contributed by atoms with van der Waals surface area (Å²) in [7, 11) is 0. The van der Waals surface area contributed by atoms with Crippen molar-refractivity contribution in [2.45, 2.75) is 32.0 Å². The molecule has 29 heavy (non-hydrogen) atoms. The molecule has 2 heterocycles. The minimum atomic E-state index is -4.55. The van der Waals surface area contributed by atoms with Crippen LogP contribution in [0.3, 0.4) is 0 Å². The van der Waals surface area contributed by atoms with E-state index in [4.69, 9.17) is 0 Å². The lowest BCUT2D eigenvalue weighted by Gasteiger charge is -2.13. The Labute approximate surface area is 163 Å². The van der Waals surface area contributed by atoms with E-state index in [0.717, 1.165) is 23.9 Å². The Morgan fingerprint density at radius 3 is 2.76 bits per heavy atom. The third-order valence-corrected chi connectivity index (χ3v) is 4.78. The number of nitrogens with zero attached hydrogens (tertiary/aromatic N) is 3. The number of amides is 1. The zero-order valence-corrected chi connectivity index (χ0v) is 15.3. The number of hydrogen-bond donors (Lipinski definition) is 1. The molecule has 1 aliphatic rings. The smallest absolute Gasteiger partial charge is 0.345 e.